The summed E-state index contributed by atoms with van der Waals surface area (Å²) in [7, 11) is 0. The number of Topliss-reactive ketones (excluding diaryl/α,β-unsaturated/α-hetero) is 1. The van der Waals surface area contributed by atoms with Crippen molar-refractivity contribution >= 4 is 29.0 Å². The zero-order valence-corrected chi connectivity index (χ0v) is 13.4. The minimum absolute atomic E-state index is 0.0262. The number of amides is 2. The summed E-state index contributed by atoms with van der Waals surface area (Å²) in [6.07, 6.45) is 1.41. The fraction of sp³-hybridized carbons (Fsp3) is 0.211. The standard InChI is InChI=1S/C19H18N2O3/c1-12(22)14-3-2-4-16(11-14)20-19(24)10-13-5-7-17-15(9-13)6-8-18(23)21-17/h2-5,7,9,11H,6,8,10H2,1H3,(H,20,24)(H,21,23). The number of carbonyl (C=O) groups is 3. The van der Waals surface area contributed by atoms with E-state index in [1.54, 1.807) is 24.3 Å². The second-order valence-corrected chi connectivity index (χ2v) is 5.90. The molecule has 0 aliphatic carbocycles. The number of nitrogens with one attached hydrogen (secondary N) is 2. The first kappa shape index (κ1) is 15.9. The van der Waals surface area contributed by atoms with E-state index in [9.17, 15) is 14.4 Å². The van der Waals surface area contributed by atoms with E-state index in [0.29, 0.717) is 24.1 Å². The molecule has 0 bridgehead atoms. The number of ketones is 1. The van der Waals surface area contributed by atoms with Crippen LogP contribution >= 0.6 is 0 Å². The lowest BCUT2D eigenvalue weighted by Crippen LogP contribution is -2.19. The Bertz CT molecular complexity index is 827. The van der Waals surface area contributed by atoms with E-state index >= 15 is 0 Å². The van der Waals surface area contributed by atoms with E-state index in [4.69, 9.17) is 0 Å². The van der Waals surface area contributed by atoms with E-state index in [0.717, 1.165) is 16.8 Å². The number of anilines is 2. The predicted molar refractivity (Wildman–Crippen MR) is 92.2 cm³/mol. The third-order valence-electron chi connectivity index (χ3n) is 3.98. The van der Waals surface area contributed by atoms with Gasteiger partial charge in [-0.25, -0.2) is 0 Å². The van der Waals surface area contributed by atoms with Crippen LogP contribution in [0.15, 0.2) is 42.5 Å². The second-order valence-electron chi connectivity index (χ2n) is 5.90. The van der Waals surface area contributed by atoms with Gasteiger partial charge < -0.3 is 10.6 Å². The molecule has 5 heteroatoms. The molecule has 1 aliphatic heterocycles. The van der Waals surface area contributed by atoms with Crippen molar-refractivity contribution in [1.29, 1.82) is 0 Å². The molecule has 0 atom stereocenters. The molecule has 0 unspecified atom stereocenters. The number of aryl methyl sites for hydroxylation is 1. The lowest BCUT2D eigenvalue weighted by molar-refractivity contribution is -0.117. The molecule has 0 saturated carbocycles. The van der Waals surface area contributed by atoms with Crippen LogP contribution in [0.4, 0.5) is 11.4 Å². The molecule has 2 amide bonds. The highest BCUT2D eigenvalue weighted by molar-refractivity contribution is 5.97. The topological polar surface area (TPSA) is 75.3 Å². The molecule has 2 aromatic rings. The number of carbonyl (C=O) groups excluding carboxylic acids is 3. The number of benzene rings is 2. The molecule has 2 N–H and O–H groups in total. The van der Waals surface area contributed by atoms with Gasteiger partial charge in [0.1, 0.15) is 0 Å². The van der Waals surface area contributed by atoms with Crippen molar-refractivity contribution in [3.63, 3.8) is 0 Å². The Morgan fingerprint density at radius 1 is 1.12 bits per heavy atom. The SMILES string of the molecule is CC(=O)c1cccc(NC(=O)Cc2ccc3c(c2)CCC(=O)N3)c1. The summed E-state index contributed by atoms with van der Waals surface area (Å²) in [5.41, 5.74) is 3.95. The van der Waals surface area contributed by atoms with Crippen LogP contribution in [0.5, 0.6) is 0 Å². The Kier molecular flexibility index (Phi) is 4.42. The van der Waals surface area contributed by atoms with Crippen molar-refractivity contribution in [2.45, 2.75) is 26.2 Å². The largest absolute Gasteiger partial charge is 0.326 e. The van der Waals surface area contributed by atoms with Crippen molar-refractivity contribution in [1.82, 2.24) is 0 Å². The smallest absolute Gasteiger partial charge is 0.228 e. The normalized spacial score (nSPS) is 13.0. The second kappa shape index (κ2) is 6.66. The van der Waals surface area contributed by atoms with Gasteiger partial charge in [0.2, 0.25) is 11.8 Å². The molecule has 0 saturated heterocycles. The van der Waals surface area contributed by atoms with Crippen LogP contribution < -0.4 is 10.6 Å². The average Bonchev–Trinajstić information content (AvgIpc) is 2.55. The van der Waals surface area contributed by atoms with Gasteiger partial charge in [0, 0.05) is 23.4 Å². The average molecular weight is 322 g/mol. The minimum atomic E-state index is -0.143. The van der Waals surface area contributed by atoms with Gasteiger partial charge in [0.25, 0.3) is 0 Å². The molecular formula is C19H18N2O3. The third-order valence-corrected chi connectivity index (χ3v) is 3.98. The van der Waals surface area contributed by atoms with Gasteiger partial charge in [-0.1, -0.05) is 24.3 Å². The quantitative estimate of drug-likeness (QED) is 0.850. The zero-order valence-electron chi connectivity index (χ0n) is 13.4. The zero-order chi connectivity index (χ0) is 17.1. The predicted octanol–water partition coefficient (Wildman–Crippen LogP) is 2.96. The van der Waals surface area contributed by atoms with E-state index in [1.165, 1.54) is 6.92 Å². The van der Waals surface area contributed by atoms with Crippen LogP contribution in [0, 0.1) is 0 Å². The van der Waals surface area contributed by atoms with Crippen LogP contribution in [-0.2, 0) is 22.4 Å². The van der Waals surface area contributed by atoms with Crippen molar-refractivity contribution in [3.05, 3.63) is 59.2 Å². The van der Waals surface area contributed by atoms with Crippen LogP contribution in [0.3, 0.4) is 0 Å². The summed E-state index contributed by atoms with van der Waals surface area (Å²) in [4.78, 5) is 35.0. The highest BCUT2D eigenvalue weighted by Gasteiger charge is 2.15. The van der Waals surface area contributed by atoms with Gasteiger partial charge >= 0.3 is 0 Å². The molecule has 0 fully saturated rings. The fourth-order valence-corrected chi connectivity index (χ4v) is 2.75. The van der Waals surface area contributed by atoms with E-state index in [2.05, 4.69) is 10.6 Å². The molecule has 122 valence electrons. The van der Waals surface area contributed by atoms with Crippen molar-refractivity contribution in [3.8, 4) is 0 Å². The Labute approximate surface area is 140 Å². The van der Waals surface area contributed by atoms with Crippen LogP contribution in [0.25, 0.3) is 0 Å². The summed E-state index contributed by atoms with van der Waals surface area (Å²) in [6, 6.07) is 12.5. The van der Waals surface area contributed by atoms with Gasteiger partial charge in [-0.05, 0) is 42.7 Å². The monoisotopic (exact) mass is 322 g/mol. The molecule has 0 aromatic heterocycles. The molecule has 5 nitrogen and oxygen atoms in total. The van der Waals surface area contributed by atoms with Crippen LogP contribution in [0.2, 0.25) is 0 Å². The van der Waals surface area contributed by atoms with Gasteiger partial charge in [-0.3, -0.25) is 14.4 Å². The van der Waals surface area contributed by atoms with Crippen LogP contribution in [-0.4, -0.2) is 17.6 Å². The molecule has 24 heavy (non-hydrogen) atoms. The van der Waals surface area contributed by atoms with Crippen molar-refractivity contribution < 1.29 is 14.4 Å². The highest BCUT2D eigenvalue weighted by Crippen LogP contribution is 2.24. The number of fused-ring (bicyclic) bond motifs is 1. The summed E-state index contributed by atoms with van der Waals surface area (Å²) in [5, 5.41) is 5.64. The molecule has 2 aromatic carbocycles. The summed E-state index contributed by atoms with van der Waals surface area (Å²) in [5.74, 6) is -0.156. The summed E-state index contributed by atoms with van der Waals surface area (Å²) < 4.78 is 0. The molecule has 0 radical (unpaired) electrons. The third kappa shape index (κ3) is 3.68. The molecule has 1 aliphatic rings. The lowest BCUT2D eigenvalue weighted by atomic mass is 9.99. The summed E-state index contributed by atoms with van der Waals surface area (Å²) >= 11 is 0. The van der Waals surface area contributed by atoms with E-state index in [1.807, 2.05) is 18.2 Å². The van der Waals surface area contributed by atoms with E-state index < -0.39 is 0 Å². The maximum atomic E-state index is 12.2. The van der Waals surface area contributed by atoms with Crippen LogP contribution in [0.1, 0.15) is 34.8 Å². The first-order valence-electron chi connectivity index (χ1n) is 7.84. The molecular weight excluding hydrogens is 304 g/mol. The maximum absolute atomic E-state index is 12.2. The van der Waals surface area contributed by atoms with Crippen molar-refractivity contribution in [2.24, 2.45) is 0 Å². The summed E-state index contributed by atoms with van der Waals surface area (Å²) in [6.45, 7) is 1.49. The lowest BCUT2D eigenvalue weighted by Gasteiger charge is -2.17. The fourth-order valence-electron chi connectivity index (χ4n) is 2.75. The number of rotatable bonds is 4. The maximum Gasteiger partial charge on any atom is 0.228 e. The van der Waals surface area contributed by atoms with Gasteiger partial charge in [0.15, 0.2) is 5.78 Å². The van der Waals surface area contributed by atoms with Crippen molar-refractivity contribution in [2.75, 3.05) is 10.6 Å². The Morgan fingerprint density at radius 3 is 2.75 bits per heavy atom. The number of hydrogen-bond donors (Lipinski definition) is 2. The molecule has 3 rings (SSSR count). The molecule has 1 heterocycles. The Balaban J connectivity index is 1.68. The minimum Gasteiger partial charge on any atom is -0.326 e. The molecule has 0 spiro atoms. The van der Waals surface area contributed by atoms with Gasteiger partial charge in [-0.2, -0.15) is 0 Å². The highest BCUT2D eigenvalue weighted by atomic mass is 16.2. The Hall–Kier alpha value is -2.95. The van der Waals surface area contributed by atoms with Gasteiger partial charge in [0.05, 0.1) is 6.42 Å². The number of hydrogen-bond acceptors (Lipinski definition) is 3. The van der Waals surface area contributed by atoms with E-state index in [-0.39, 0.29) is 24.0 Å². The van der Waals surface area contributed by atoms with Gasteiger partial charge in [-0.15, -0.1) is 0 Å². The Morgan fingerprint density at radius 2 is 1.96 bits per heavy atom. The first-order chi connectivity index (χ1) is 11.5. The first-order valence-corrected chi connectivity index (χ1v) is 7.84.